The summed E-state index contributed by atoms with van der Waals surface area (Å²) in [5.74, 6) is 1.39. The van der Waals surface area contributed by atoms with E-state index in [2.05, 4.69) is 15.0 Å². The number of methoxy groups -OCH3 is 2. The third-order valence-corrected chi connectivity index (χ3v) is 5.18. The lowest BCUT2D eigenvalue weighted by Crippen LogP contribution is -2.17. The van der Waals surface area contributed by atoms with Gasteiger partial charge in [-0.1, -0.05) is 24.9 Å². The fourth-order valence-corrected chi connectivity index (χ4v) is 3.63. The highest BCUT2D eigenvalue weighted by Gasteiger charge is 2.12. The number of rotatable bonds is 9. The molecule has 0 amide bonds. The first-order valence-corrected chi connectivity index (χ1v) is 10.1. The van der Waals surface area contributed by atoms with Crippen LogP contribution in [0.2, 0.25) is 5.02 Å². The number of ether oxygens (including phenoxy) is 2. The lowest BCUT2D eigenvalue weighted by atomic mass is 10.2. The van der Waals surface area contributed by atoms with Gasteiger partial charge in [0, 0.05) is 12.1 Å². The largest absolute Gasteiger partial charge is 0.495 e. The second-order valence-corrected chi connectivity index (χ2v) is 7.77. The Labute approximate surface area is 158 Å². The van der Waals surface area contributed by atoms with Gasteiger partial charge in [0.2, 0.25) is 10.0 Å². The molecule has 2 aromatic rings. The van der Waals surface area contributed by atoms with E-state index in [9.17, 15) is 8.42 Å². The monoisotopic (exact) mass is 399 g/mol. The number of hydrogen-bond donors (Lipinski definition) is 2. The predicted octanol–water partition coefficient (Wildman–Crippen LogP) is 4.04. The van der Waals surface area contributed by atoms with E-state index in [0.29, 0.717) is 34.3 Å². The van der Waals surface area contributed by atoms with Crippen molar-refractivity contribution in [1.82, 2.24) is 4.98 Å². The van der Waals surface area contributed by atoms with Crippen LogP contribution in [0.5, 0.6) is 11.5 Å². The maximum Gasteiger partial charge on any atom is 0.233 e. The summed E-state index contributed by atoms with van der Waals surface area (Å²) >= 11 is 6.09. The number of aromatic nitrogens is 1. The number of pyridine rings is 1. The molecule has 1 aromatic carbocycles. The van der Waals surface area contributed by atoms with Gasteiger partial charge < -0.3 is 14.8 Å². The number of hydrogen-bond acceptors (Lipinski definition) is 6. The van der Waals surface area contributed by atoms with Crippen molar-refractivity contribution in [3.63, 3.8) is 0 Å². The molecule has 0 spiro atoms. The summed E-state index contributed by atoms with van der Waals surface area (Å²) in [5.41, 5.74) is 1.30. The molecule has 0 aliphatic rings. The minimum absolute atomic E-state index is 0.0763. The normalized spacial score (nSPS) is 11.1. The van der Waals surface area contributed by atoms with Crippen LogP contribution >= 0.6 is 11.6 Å². The SMILES string of the molecule is CCCCS(=O)(=O)Nc1ccc(Nc2cc(OC)c(Cl)cc2OC)cn1. The second-order valence-electron chi connectivity index (χ2n) is 5.52. The molecule has 0 aliphatic heterocycles. The number of nitrogens with one attached hydrogen (secondary N) is 2. The summed E-state index contributed by atoms with van der Waals surface area (Å²) in [4.78, 5) is 4.13. The quantitative estimate of drug-likeness (QED) is 0.661. The topological polar surface area (TPSA) is 89.6 Å². The standard InChI is InChI=1S/C17H22ClN3O4S/c1-4-5-8-26(22,23)21-17-7-6-12(11-19-17)20-14-10-15(24-2)13(18)9-16(14)25-3/h6-7,9-11,20H,4-5,8H2,1-3H3,(H,19,21). The summed E-state index contributed by atoms with van der Waals surface area (Å²) in [6, 6.07) is 6.66. The van der Waals surface area contributed by atoms with Gasteiger partial charge in [-0.05, 0) is 18.6 Å². The summed E-state index contributed by atoms with van der Waals surface area (Å²) in [5, 5.41) is 3.58. The van der Waals surface area contributed by atoms with Gasteiger partial charge in [0.05, 0.1) is 42.6 Å². The molecule has 26 heavy (non-hydrogen) atoms. The molecule has 1 aromatic heterocycles. The van der Waals surface area contributed by atoms with E-state index in [1.807, 2.05) is 6.92 Å². The molecule has 0 bridgehead atoms. The Kier molecular flexibility index (Phi) is 6.93. The van der Waals surface area contributed by atoms with E-state index < -0.39 is 10.0 Å². The zero-order valence-electron chi connectivity index (χ0n) is 14.9. The first-order chi connectivity index (χ1) is 12.4. The number of halogens is 1. The second kappa shape index (κ2) is 8.95. The highest BCUT2D eigenvalue weighted by molar-refractivity contribution is 7.92. The molecular formula is C17H22ClN3O4S. The fraction of sp³-hybridized carbons (Fsp3) is 0.353. The summed E-state index contributed by atoms with van der Waals surface area (Å²) in [6.07, 6.45) is 2.94. The van der Waals surface area contributed by atoms with E-state index in [0.717, 1.165) is 6.42 Å². The molecule has 0 aliphatic carbocycles. The fourth-order valence-electron chi connectivity index (χ4n) is 2.19. The zero-order chi connectivity index (χ0) is 19.2. The molecule has 0 radical (unpaired) electrons. The minimum Gasteiger partial charge on any atom is -0.495 e. The maximum absolute atomic E-state index is 11.9. The molecule has 0 saturated heterocycles. The first kappa shape index (κ1) is 20.1. The Morgan fingerprint density at radius 3 is 2.46 bits per heavy atom. The molecule has 0 unspecified atom stereocenters. The summed E-state index contributed by atoms with van der Waals surface area (Å²) in [6.45, 7) is 1.94. The third-order valence-electron chi connectivity index (χ3n) is 3.54. The first-order valence-electron chi connectivity index (χ1n) is 8.03. The number of unbranched alkanes of at least 4 members (excludes halogenated alkanes) is 1. The number of nitrogens with zero attached hydrogens (tertiary/aromatic N) is 1. The molecule has 9 heteroatoms. The van der Waals surface area contributed by atoms with Gasteiger partial charge in [-0.15, -0.1) is 0 Å². The van der Waals surface area contributed by atoms with Crippen molar-refractivity contribution in [3.05, 3.63) is 35.5 Å². The third kappa shape index (κ3) is 5.40. The predicted molar refractivity (Wildman–Crippen MR) is 104 cm³/mol. The van der Waals surface area contributed by atoms with Gasteiger partial charge in [0.25, 0.3) is 0 Å². The van der Waals surface area contributed by atoms with Crippen molar-refractivity contribution < 1.29 is 17.9 Å². The average Bonchev–Trinajstić information content (AvgIpc) is 2.62. The van der Waals surface area contributed by atoms with Crippen molar-refractivity contribution in [3.8, 4) is 11.5 Å². The van der Waals surface area contributed by atoms with Crippen LogP contribution in [0.25, 0.3) is 0 Å². The Balaban J connectivity index is 2.15. The van der Waals surface area contributed by atoms with E-state index in [1.165, 1.54) is 20.4 Å². The molecule has 142 valence electrons. The van der Waals surface area contributed by atoms with Crippen LogP contribution in [0.4, 0.5) is 17.2 Å². The smallest absolute Gasteiger partial charge is 0.233 e. The highest BCUT2D eigenvalue weighted by Crippen LogP contribution is 2.37. The number of anilines is 3. The maximum atomic E-state index is 11.9. The van der Waals surface area contributed by atoms with Crippen LogP contribution in [-0.4, -0.2) is 33.4 Å². The molecule has 1 heterocycles. The van der Waals surface area contributed by atoms with E-state index >= 15 is 0 Å². The molecular weight excluding hydrogens is 378 g/mol. The van der Waals surface area contributed by atoms with Gasteiger partial charge in [0.15, 0.2) is 0 Å². The highest BCUT2D eigenvalue weighted by atomic mass is 35.5. The lowest BCUT2D eigenvalue weighted by Gasteiger charge is -2.14. The Bertz CT molecular complexity index is 842. The molecule has 0 fully saturated rings. The van der Waals surface area contributed by atoms with Gasteiger partial charge in [-0.3, -0.25) is 4.72 Å². The number of benzene rings is 1. The minimum atomic E-state index is -3.38. The van der Waals surface area contributed by atoms with E-state index in [4.69, 9.17) is 21.1 Å². The molecule has 0 atom stereocenters. The van der Waals surface area contributed by atoms with Crippen LogP contribution in [-0.2, 0) is 10.0 Å². The van der Waals surface area contributed by atoms with Crippen LogP contribution in [0.1, 0.15) is 19.8 Å². The average molecular weight is 400 g/mol. The van der Waals surface area contributed by atoms with Crippen molar-refractivity contribution in [2.45, 2.75) is 19.8 Å². The van der Waals surface area contributed by atoms with Crippen LogP contribution < -0.4 is 19.5 Å². The Morgan fingerprint density at radius 2 is 1.88 bits per heavy atom. The van der Waals surface area contributed by atoms with Crippen LogP contribution in [0, 0.1) is 0 Å². The van der Waals surface area contributed by atoms with Crippen LogP contribution in [0.15, 0.2) is 30.5 Å². The molecule has 2 rings (SSSR count). The number of sulfonamides is 1. The molecule has 0 saturated carbocycles. The van der Waals surface area contributed by atoms with Gasteiger partial charge in [-0.25, -0.2) is 13.4 Å². The van der Waals surface area contributed by atoms with Crippen molar-refractivity contribution in [2.24, 2.45) is 0 Å². The summed E-state index contributed by atoms with van der Waals surface area (Å²) < 4.78 is 36.8. The van der Waals surface area contributed by atoms with Crippen molar-refractivity contribution >= 4 is 38.8 Å². The van der Waals surface area contributed by atoms with Gasteiger partial charge >= 0.3 is 0 Å². The summed E-state index contributed by atoms with van der Waals surface area (Å²) in [7, 11) is -0.313. The van der Waals surface area contributed by atoms with Gasteiger partial charge in [-0.2, -0.15) is 0 Å². The van der Waals surface area contributed by atoms with Crippen molar-refractivity contribution in [2.75, 3.05) is 30.0 Å². The Hall–Kier alpha value is -2.19. The van der Waals surface area contributed by atoms with Crippen LogP contribution in [0.3, 0.4) is 0 Å². The zero-order valence-corrected chi connectivity index (χ0v) is 16.4. The van der Waals surface area contributed by atoms with Gasteiger partial charge in [0.1, 0.15) is 17.3 Å². The van der Waals surface area contributed by atoms with Crippen molar-refractivity contribution in [1.29, 1.82) is 0 Å². The molecule has 7 nitrogen and oxygen atoms in total. The molecule has 2 N–H and O–H groups in total. The van der Waals surface area contributed by atoms with E-state index in [-0.39, 0.29) is 11.6 Å². The lowest BCUT2D eigenvalue weighted by molar-refractivity contribution is 0.405. The van der Waals surface area contributed by atoms with E-state index in [1.54, 1.807) is 24.3 Å². The Morgan fingerprint density at radius 1 is 1.15 bits per heavy atom.